The minimum absolute atomic E-state index is 0.437. The maximum absolute atomic E-state index is 12.5. The number of carbonyl (C=O) groups is 1. The van der Waals surface area contributed by atoms with Gasteiger partial charge >= 0.3 is 11.8 Å². The number of methoxy groups -OCH3 is 1. The van der Waals surface area contributed by atoms with Gasteiger partial charge in [0.2, 0.25) is 0 Å². The van der Waals surface area contributed by atoms with E-state index in [2.05, 4.69) is 9.72 Å². The Hall–Kier alpha value is -2.32. The van der Waals surface area contributed by atoms with Crippen molar-refractivity contribution in [2.45, 2.75) is 6.43 Å². The molecule has 1 aromatic rings. The fourth-order valence-electron chi connectivity index (χ4n) is 1.11. The maximum atomic E-state index is 12.5. The van der Waals surface area contributed by atoms with E-state index in [9.17, 15) is 23.7 Å². The zero-order valence-electron chi connectivity index (χ0n) is 8.52. The summed E-state index contributed by atoms with van der Waals surface area (Å²) in [6.07, 6.45) is -3.15. The highest BCUT2D eigenvalue weighted by Gasteiger charge is 2.28. The largest absolute Gasteiger partial charge is 0.465 e. The maximum Gasteiger partial charge on any atom is 0.374 e. The summed E-state index contributed by atoms with van der Waals surface area (Å²) in [4.78, 5) is 23.7. The molecule has 1 aromatic heterocycles. The number of esters is 1. The molecule has 7 nitrogen and oxygen atoms in total. The van der Waals surface area contributed by atoms with Crippen LogP contribution in [0.1, 0.15) is 22.3 Å². The molecule has 1 heterocycles. The Morgan fingerprint density at radius 2 is 2.24 bits per heavy atom. The van der Waals surface area contributed by atoms with Crippen molar-refractivity contribution >= 4 is 17.6 Å². The second-order valence-corrected chi connectivity index (χ2v) is 2.88. The quantitative estimate of drug-likeness (QED) is 0.489. The van der Waals surface area contributed by atoms with Crippen LogP contribution in [0.4, 0.5) is 20.4 Å². The first-order valence-corrected chi connectivity index (χ1v) is 4.19. The Labute approximate surface area is 93.3 Å². The predicted molar refractivity (Wildman–Crippen MR) is 51.6 cm³/mol. The van der Waals surface area contributed by atoms with Crippen molar-refractivity contribution in [3.8, 4) is 0 Å². The number of anilines is 1. The van der Waals surface area contributed by atoms with E-state index in [0.29, 0.717) is 6.07 Å². The average Bonchev–Trinajstić information content (AvgIpc) is 2.27. The summed E-state index contributed by atoms with van der Waals surface area (Å²) in [6.45, 7) is 0. The second kappa shape index (κ2) is 4.68. The number of nitro groups is 1. The molecule has 92 valence electrons. The number of alkyl halides is 2. The molecule has 0 spiro atoms. The number of hydrogen-bond donors (Lipinski definition) is 1. The van der Waals surface area contributed by atoms with Crippen LogP contribution in [0.15, 0.2) is 6.07 Å². The fourth-order valence-corrected chi connectivity index (χ4v) is 1.11. The van der Waals surface area contributed by atoms with E-state index < -0.39 is 40.1 Å². The Morgan fingerprint density at radius 1 is 1.65 bits per heavy atom. The molecule has 0 amide bonds. The highest BCUT2D eigenvalue weighted by molar-refractivity contribution is 5.94. The van der Waals surface area contributed by atoms with Crippen molar-refractivity contribution in [1.29, 1.82) is 0 Å². The number of carbonyl (C=O) groups excluding carboxylic acids is 1. The third kappa shape index (κ3) is 2.44. The summed E-state index contributed by atoms with van der Waals surface area (Å²) in [5.41, 5.74) is 3.82. The molecule has 0 atom stereocenters. The molecule has 1 rings (SSSR count). The number of nitrogens with zero attached hydrogens (tertiary/aromatic N) is 2. The number of ether oxygens (including phenoxy) is 1. The number of halogens is 2. The van der Waals surface area contributed by atoms with E-state index in [1.165, 1.54) is 0 Å². The first kappa shape index (κ1) is 12.7. The average molecular weight is 247 g/mol. The van der Waals surface area contributed by atoms with E-state index in [-0.39, 0.29) is 0 Å². The molecule has 9 heteroatoms. The minimum Gasteiger partial charge on any atom is -0.465 e. The zero-order valence-corrected chi connectivity index (χ0v) is 8.52. The molecule has 0 radical (unpaired) electrons. The molecule has 0 aliphatic rings. The van der Waals surface area contributed by atoms with Crippen LogP contribution < -0.4 is 5.73 Å². The van der Waals surface area contributed by atoms with Crippen LogP contribution in [0, 0.1) is 10.1 Å². The number of rotatable bonds is 3. The van der Waals surface area contributed by atoms with Crippen LogP contribution >= 0.6 is 0 Å². The van der Waals surface area contributed by atoms with Crippen LogP contribution in [-0.4, -0.2) is 23.0 Å². The molecule has 17 heavy (non-hydrogen) atoms. The van der Waals surface area contributed by atoms with E-state index >= 15 is 0 Å². The smallest absolute Gasteiger partial charge is 0.374 e. The monoisotopic (exact) mass is 247 g/mol. The Kier molecular flexibility index (Phi) is 3.51. The molecule has 0 unspecified atom stereocenters. The first-order chi connectivity index (χ1) is 7.88. The van der Waals surface area contributed by atoms with Crippen molar-refractivity contribution in [2.75, 3.05) is 12.8 Å². The van der Waals surface area contributed by atoms with Crippen LogP contribution in [-0.2, 0) is 4.74 Å². The number of nitrogen functional groups attached to an aromatic ring is 1. The Bertz CT molecular complexity index is 478. The lowest BCUT2D eigenvalue weighted by molar-refractivity contribution is -0.390. The van der Waals surface area contributed by atoms with Crippen molar-refractivity contribution in [3.05, 3.63) is 27.3 Å². The van der Waals surface area contributed by atoms with Gasteiger partial charge in [0.25, 0.3) is 12.2 Å². The molecule has 2 N–H and O–H groups in total. The summed E-state index contributed by atoms with van der Waals surface area (Å²) in [7, 11) is 1.02. The van der Waals surface area contributed by atoms with E-state index in [1.54, 1.807) is 0 Å². The summed E-state index contributed by atoms with van der Waals surface area (Å²) >= 11 is 0. The van der Waals surface area contributed by atoms with Gasteiger partial charge in [0.1, 0.15) is 11.1 Å². The molecule has 0 aromatic carbocycles. The minimum atomic E-state index is -3.15. The van der Waals surface area contributed by atoms with Gasteiger partial charge in [0.05, 0.1) is 7.11 Å². The number of aromatic nitrogens is 1. The Balaban J connectivity index is 3.45. The van der Waals surface area contributed by atoms with Crippen molar-refractivity contribution < 1.29 is 23.2 Å². The standard InChI is InChI=1S/C8H7F2N3O4/c1-17-8(14)4-2-3(5(9)10)7(13(15)16)12-6(4)11/h2,5H,1H3,(H2,11,12). The van der Waals surface area contributed by atoms with Gasteiger partial charge in [-0.2, -0.15) is 0 Å². The number of hydrogen-bond acceptors (Lipinski definition) is 6. The fraction of sp³-hybridized carbons (Fsp3) is 0.250. The van der Waals surface area contributed by atoms with Crippen molar-refractivity contribution in [1.82, 2.24) is 4.98 Å². The van der Waals surface area contributed by atoms with Gasteiger partial charge in [-0.15, -0.1) is 0 Å². The molecule has 0 aliphatic carbocycles. The lowest BCUT2D eigenvalue weighted by atomic mass is 10.1. The van der Waals surface area contributed by atoms with Crippen molar-refractivity contribution in [3.63, 3.8) is 0 Å². The summed E-state index contributed by atoms with van der Waals surface area (Å²) in [5.74, 6) is -2.61. The van der Waals surface area contributed by atoms with Gasteiger partial charge < -0.3 is 20.6 Å². The van der Waals surface area contributed by atoms with Gasteiger partial charge in [-0.1, -0.05) is 0 Å². The van der Waals surface area contributed by atoms with Gasteiger partial charge in [0, 0.05) is 0 Å². The van der Waals surface area contributed by atoms with Crippen LogP contribution in [0.25, 0.3) is 0 Å². The Morgan fingerprint density at radius 3 is 2.65 bits per heavy atom. The van der Waals surface area contributed by atoms with Crippen LogP contribution in [0.3, 0.4) is 0 Å². The lowest BCUT2D eigenvalue weighted by Crippen LogP contribution is -2.11. The van der Waals surface area contributed by atoms with E-state index in [0.717, 1.165) is 7.11 Å². The van der Waals surface area contributed by atoms with E-state index in [1.807, 2.05) is 0 Å². The van der Waals surface area contributed by atoms with Gasteiger partial charge in [-0.3, -0.25) is 0 Å². The molecule has 0 aliphatic heterocycles. The number of pyridine rings is 1. The highest BCUT2D eigenvalue weighted by Crippen LogP contribution is 2.30. The summed E-state index contributed by atoms with van der Waals surface area (Å²) in [5, 5.41) is 10.5. The molecule has 0 saturated heterocycles. The molecular weight excluding hydrogens is 240 g/mol. The van der Waals surface area contributed by atoms with Crippen LogP contribution in [0.5, 0.6) is 0 Å². The molecule has 0 bridgehead atoms. The van der Waals surface area contributed by atoms with Crippen molar-refractivity contribution in [2.24, 2.45) is 0 Å². The SMILES string of the molecule is COC(=O)c1cc(C(F)F)c([N+](=O)[O-])nc1N. The summed E-state index contributed by atoms with van der Waals surface area (Å²) in [6, 6.07) is 0.608. The van der Waals surface area contributed by atoms with E-state index in [4.69, 9.17) is 5.73 Å². The third-order valence-electron chi connectivity index (χ3n) is 1.87. The second-order valence-electron chi connectivity index (χ2n) is 2.88. The zero-order chi connectivity index (χ0) is 13.2. The van der Waals surface area contributed by atoms with Gasteiger partial charge in [0.15, 0.2) is 0 Å². The van der Waals surface area contributed by atoms with Gasteiger partial charge in [-0.05, 0) is 16.0 Å². The lowest BCUT2D eigenvalue weighted by Gasteiger charge is -2.05. The number of nitrogens with two attached hydrogens (primary N) is 1. The molecule has 0 fully saturated rings. The summed E-state index contributed by atoms with van der Waals surface area (Å²) < 4.78 is 29.3. The highest BCUT2D eigenvalue weighted by atomic mass is 19.3. The predicted octanol–water partition coefficient (Wildman–Crippen LogP) is 1.30. The van der Waals surface area contributed by atoms with Gasteiger partial charge in [-0.25, -0.2) is 13.6 Å². The third-order valence-corrected chi connectivity index (χ3v) is 1.87. The molecule has 0 saturated carbocycles. The topological polar surface area (TPSA) is 108 Å². The first-order valence-electron chi connectivity index (χ1n) is 4.19. The normalized spacial score (nSPS) is 10.4. The van der Waals surface area contributed by atoms with Crippen LogP contribution in [0.2, 0.25) is 0 Å². The molecular formula is C8H7F2N3O4.